The number of carboxylic acids is 1. The van der Waals surface area contributed by atoms with Gasteiger partial charge in [-0.15, -0.1) is 11.8 Å². The molecule has 2 unspecified atom stereocenters. The highest BCUT2D eigenvalue weighted by Gasteiger charge is 2.21. The zero-order valence-corrected chi connectivity index (χ0v) is 13.4. The van der Waals surface area contributed by atoms with Gasteiger partial charge in [-0.3, -0.25) is 9.59 Å². The molecule has 1 rings (SSSR count). The van der Waals surface area contributed by atoms with E-state index in [2.05, 4.69) is 12.2 Å². The molecule has 0 saturated heterocycles. The topological polar surface area (TPSA) is 66.4 Å². The first-order valence-corrected chi connectivity index (χ1v) is 8.28. The summed E-state index contributed by atoms with van der Waals surface area (Å²) in [6.45, 7) is 4.09. The number of carbonyl (C=O) groups is 2. The summed E-state index contributed by atoms with van der Waals surface area (Å²) in [5.41, 5.74) is 0.705. The Hall–Kier alpha value is -1.49. The van der Waals surface area contributed by atoms with Crippen LogP contribution in [0.25, 0.3) is 0 Å². The maximum atomic E-state index is 12.0. The van der Waals surface area contributed by atoms with Gasteiger partial charge in [-0.1, -0.05) is 43.7 Å². The zero-order valence-electron chi connectivity index (χ0n) is 12.5. The molecule has 116 valence electrons. The number of carbonyl (C=O) groups excluding carboxylic acids is 1. The van der Waals surface area contributed by atoms with Crippen molar-refractivity contribution < 1.29 is 14.7 Å². The Morgan fingerprint density at radius 1 is 1.29 bits per heavy atom. The van der Waals surface area contributed by atoms with Crippen molar-refractivity contribution in [2.24, 2.45) is 0 Å². The highest BCUT2D eigenvalue weighted by Crippen LogP contribution is 2.16. The lowest BCUT2D eigenvalue weighted by Gasteiger charge is -2.16. The summed E-state index contributed by atoms with van der Waals surface area (Å²) in [5, 5.41) is 11.9. The summed E-state index contributed by atoms with van der Waals surface area (Å²) in [4.78, 5) is 23.3. The molecule has 0 aromatic heterocycles. The second kappa shape index (κ2) is 9.45. The third-order valence-corrected chi connectivity index (χ3v) is 4.45. The van der Waals surface area contributed by atoms with E-state index >= 15 is 0 Å². The molecule has 1 aromatic carbocycles. The number of thioether (sulfide) groups is 1. The maximum absolute atomic E-state index is 12.0. The molecule has 1 amide bonds. The Morgan fingerprint density at radius 2 is 1.95 bits per heavy atom. The molecule has 0 fully saturated rings. The predicted octanol–water partition coefficient (Wildman–Crippen LogP) is 2.89. The SMILES string of the molecule is CCCCSC(C)C(=O)NCC(C(=O)O)c1ccccc1. The Labute approximate surface area is 130 Å². The van der Waals surface area contributed by atoms with E-state index in [0.717, 1.165) is 18.6 Å². The molecule has 0 aliphatic carbocycles. The summed E-state index contributed by atoms with van der Waals surface area (Å²) in [6.07, 6.45) is 2.19. The van der Waals surface area contributed by atoms with Gasteiger partial charge >= 0.3 is 5.97 Å². The molecule has 2 atom stereocenters. The number of aliphatic carboxylic acids is 1. The molecule has 0 aliphatic rings. The minimum atomic E-state index is -0.923. The number of hydrogen-bond acceptors (Lipinski definition) is 3. The van der Waals surface area contributed by atoms with Gasteiger partial charge < -0.3 is 10.4 Å². The van der Waals surface area contributed by atoms with Crippen LogP contribution in [0.1, 0.15) is 38.2 Å². The number of hydrogen-bond donors (Lipinski definition) is 2. The van der Waals surface area contributed by atoms with Crippen LogP contribution in [0.2, 0.25) is 0 Å². The summed E-state index contributed by atoms with van der Waals surface area (Å²) in [7, 11) is 0. The van der Waals surface area contributed by atoms with E-state index in [9.17, 15) is 14.7 Å². The second-order valence-corrected chi connectivity index (χ2v) is 6.36. The molecular formula is C16H23NO3S. The molecule has 4 nitrogen and oxygen atoms in total. The fraction of sp³-hybridized carbons (Fsp3) is 0.500. The molecule has 0 aliphatic heterocycles. The van der Waals surface area contributed by atoms with Gasteiger partial charge in [-0.05, 0) is 24.7 Å². The summed E-state index contributed by atoms with van der Waals surface area (Å²) < 4.78 is 0. The van der Waals surface area contributed by atoms with Crippen LogP contribution >= 0.6 is 11.8 Å². The van der Waals surface area contributed by atoms with Crippen molar-refractivity contribution in [1.29, 1.82) is 0 Å². The zero-order chi connectivity index (χ0) is 15.7. The van der Waals surface area contributed by atoms with Gasteiger partial charge in [-0.25, -0.2) is 0 Å². The number of amides is 1. The number of rotatable bonds is 9. The van der Waals surface area contributed by atoms with Crippen molar-refractivity contribution in [3.8, 4) is 0 Å². The van der Waals surface area contributed by atoms with Crippen molar-refractivity contribution in [2.75, 3.05) is 12.3 Å². The third kappa shape index (κ3) is 6.21. The molecule has 0 radical (unpaired) electrons. The third-order valence-electron chi connectivity index (χ3n) is 3.22. The number of unbranched alkanes of at least 4 members (excludes halogenated alkanes) is 1. The molecule has 0 spiro atoms. The first-order chi connectivity index (χ1) is 10.1. The average Bonchev–Trinajstić information content (AvgIpc) is 2.48. The minimum absolute atomic E-state index is 0.0988. The van der Waals surface area contributed by atoms with E-state index in [-0.39, 0.29) is 17.7 Å². The molecule has 1 aromatic rings. The smallest absolute Gasteiger partial charge is 0.312 e. The first kappa shape index (κ1) is 17.6. The van der Waals surface area contributed by atoms with Crippen molar-refractivity contribution in [3.63, 3.8) is 0 Å². The van der Waals surface area contributed by atoms with Gasteiger partial charge in [0.15, 0.2) is 0 Å². The van der Waals surface area contributed by atoms with Gasteiger partial charge in [0.25, 0.3) is 0 Å². The van der Waals surface area contributed by atoms with Crippen LogP contribution in [0.3, 0.4) is 0 Å². The lowest BCUT2D eigenvalue weighted by Crippen LogP contribution is -2.36. The monoisotopic (exact) mass is 309 g/mol. The highest BCUT2D eigenvalue weighted by atomic mass is 32.2. The van der Waals surface area contributed by atoms with Crippen LogP contribution < -0.4 is 5.32 Å². The van der Waals surface area contributed by atoms with Crippen LogP contribution in [0.15, 0.2) is 30.3 Å². The highest BCUT2D eigenvalue weighted by molar-refractivity contribution is 8.00. The van der Waals surface area contributed by atoms with E-state index in [4.69, 9.17) is 0 Å². The Morgan fingerprint density at radius 3 is 2.52 bits per heavy atom. The summed E-state index contributed by atoms with van der Waals surface area (Å²) in [6, 6.07) is 8.98. The minimum Gasteiger partial charge on any atom is -0.481 e. The van der Waals surface area contributed by atoms with E-state index in [1.165, 1.54) is 0 Å². The largest absolute Gasteiger partial charge is 0.481 e. The van der Waals surface area contributed by atoms with E-state index in [1.807, 2.05) is 13.0 Å². The number of carboxylic acid groups (broad SMARTS) is 1. The van der Waals surface area contributed by atoms with Gasteiger partial charge in [0.2, 0.25) is 5.91 Å². The fourth-order valence-corrected chi connectivity index (χ4v) is 2.90. The summed E-state index contributed by atoms with van der Waals surface area (Å²) in [5.74, 6) is -0.777. The molecule has 0 bridgehead atoms. The molecule has 21 heavy (non-hydrogen) atoms. The quantitative estimate of drug-likeness (QED) is 0.688. The van der Waals surface area contributed by atoms with E-state index in [0.29, 0.717) is 5.56 Å². The lowest BCUT2D eigenvalue weighted by atomic mass is 9.99. The molecule has 0 heterocycles. The standard InChI is InChI=1S/C16H23NO3S/c1-3-4-10-21-12(2)15(18)17-11-14(16(19)20)13-8-6-5-7-9-13/h5-9,12,14H,3-4,10-11H2,1-2H3,(H,17,18)(H,19,20). The van der Waals surface area contributed by atoms with Crippen LogP contribution in [0, 0.1) is 0 Å². The number of nitrogens with one attached hydrogen (secondary N) is 1. The molecule has 5 heteroatoms. The molecular weight excluding hydrogens is 286 g/mol. The average molecular weight is 309 g/mol. The Bertz CT molecular complexity index is 450. The van der Waals surface area contributed by atoms with Crippen molar-refractivity contribution in [3.05, 3.63) is 35.9 Å². The second-order valence-electron chi connectivity index (χ2n) is 4.91. The molecule has 2 N–H and O–H groups in total. The van der Waals surface area contributed by atoms with Gasteiger partial charge in [0.05, 0.1) is 11.2 Å². The van der Waals surface area contributed by atoms with Crippen LogP contribution in [-0.2, 0) is 9.59 Å². The van der Waals surface area contributed by atoms with Gasteiger partial charge in [0, 0.05) is 6.54 Å². The first-order valence-electron chi connectivity index (χ1n) is 7.23. The fourth-order valence-electron chi connectivity index (χ4n) is 1.86. The van der Waals surface area contributed by atoms with Crippen molar-refractivity contribution in [2.45, 2.75) is 37.9 Å². The normalized spacial score (nSPS) is 13.4. The van der Waals surface area contributed by atoms with Crippen molar-refractivity contribution in [1.82, 2.24) is 5.32 Å². The van der Waals surface area contributed by atoms with Gasteiger partial charge in [-0.2, -0.15) is 0 Å². The van der Waals surface area contributed by atoms with E-state index < -0.39 is 11.9 Å². The number of benzene rings is 1. The Balaban J connectivity index is 2.50. The summed E-state index contributed by atoms with van der Waals surface area (Å²) >= 11 is 1.61. The van der Waals surface area contributed by atoms with E-state index in [1.54, 1.807) is 36.0 Å². The van der Waals surface area contributed by atoms with Crippen LogP contribution in [0.4, 0.5) is 0 Å². The lowest BCUT2D eigenvalue weighted by molar-refractivity contribution is -0.138. The molecule has 0 saturated carbocycles. The van der Waals surface area contributed by atoms with Crippen LogP contribution in [-0.4, -0.2) is 34.5 Å². The van der Waals surface area contributed by atoms with Crippen LogP contribution in [0.5, 0.6) is 0 Å². The van der Waals surface area contributed by atoms with Gasteiger partial charge in [0.1, 0.15) is 0 Å². The maximum Gasteiger partial charge on any atom is 0.312 e. The predicted molar refractivity (Wildman–Crippen MR) is 86.7 cm³/mol. The Kier molecular flexibility index (Phi) is 7.90. The van der Waals surface area contributed by atoms with Crippen molar-refractivity contribution >= 4 is 23.6 Å².